The summed E-state index contributed by atoms with van der Waals surface area (Å²) in [5.74, 6) is 0.746. The summed E-state index contributed by atoms with van der Waals surface area (Å²) in [6.45, 7) is 3.13. The van der Waals surface area contributed by atoms with Gasteiger partial charge in [0.15, 0.2) is 0 Å². The summed E-state index contributed by atoms with van der Waals surface area (Å²) in [5.41, 5.74) is 8.37. The SMILES string of the molecule is NC1CCN(Cc2cc(C3CC3)n[nH]2)C1. The number of aromatic amines is 1. The number of hydrogen-bond donors (Lipinski definition) is 2. The highest BCUT2D eigenvalue weighted by Crippen LogP contribution is 2.39. The highest BCUT2D eigenvalue weighted by molar-refractivity contribution is 5.17. The molecule has 2 heterocycles. The zero-order chi connectivity index (χ0) is 10.3. The number of rotatable bonds is 3. The molecule has 0 spiro atoms. The molecular weight excluding hydrogens is 188 g/mol. The van der Waals surface area contributed by atoms with E-state index in [2.05, 4.69) is 21.2 Å². The fraction of sp³-hybridized carbons (Fsp3) is 0.727. The third-order valence-corrected chi connectivity index (χ3v) is 3.35. The van der Waals surface area contributed by atoms with Crippen molar-refractivity contribution in [2.24, 2.45) is 5.73 Å². The van der Waals surface area contributed by atoms with Gasteiger partial charge in [0.05, 0.1) is 5.69 Å². The molecule has 1 atom stereocenters. The zero-order valence-electron chi connectivity index (χ0n) is 8.95. The Hall–Kier alpha value is -0.870. The molecule has 1 aromatic heterocycles. The summed E-state index contributed by atoms with van der Waals surface area (Å²) >= 11 is 0. The van der Waals surface area contributed by atoms with Crippen LogP contribution in [-0.2, 0) is 6.54 Å². The minimum Gasteiger partial charge on any atom is -0.326 e. The van der Waals surface area contributed by atoms with Crippen molar-refractivity contribution in [3.05, 3.63) is 17.5 Å². The molecule has 3 rings (SSSR count). The predicted molar refractivity (Wildman–Crippen MR) is 58.4 cm³/mol. The van der Waals surface area contributed by atoms with Crippen LogP contribution in [-0.4, -0.2) is 34.2 Å². The fourth-order valence-corrected chi connectivity index (χ4v) is 2.30. The minimum atomic E-state index is 0.371. The molecule has 2 aliphatic rings. The fourth-order valence-electron chi connectivity index (χ4n) is 2.30. The monoisotopic (exact) mass is 206 g/mol. The summed E-state index contributed by atoms with van der Waals surface area (Å²) in [5, 5.41) is 7.49. The van der Waals surface area contributed by atoms with Crippen molar-refractivity contribution in [1.29, 1.82) is 0 Å². The Morgan fingerprint density at radius 2 is 2.33 bits per heavy atom. The van der Waals surface area contributed by atoms with E-state index in [9.17, 15) is 0 Å². The van der Waals surface area contributed by atoms with Gasteiger partial charge in [-0.25, -0.2) is 0 Å². The van der Waals surface area contributed by atoms with E-state index in [0.717, 1.165) is 32.0 Å². The van der Waals surface area contributed by atoms with Crippen LogP contribution in [0.2, 0.25) is 0 Å². The maximum absolute atomic E-state index is 5.87. The predicted octanol–water partition coefficient (Wildman–Crippen LogP) is 0.820. The third kappa shape index (κ3) is 2.06. The van der Waals surface area contributed by atoms with E-state index in [4.69, 9.17) is 5.73 Å². The second kappa shape index (κ2) is 3.61. The lowest BCUT2D eigenvalue weighted by Gasteiger charge is -2.12. The average molecular weight is 206 g/mol. The first-order valence-corrected chi connectivity index (χ1v) is 5.83. The lowest BCUT2D eigenvalue weighted by molar-refractivity contribution is 0.322. The van der Waals surface area contributed by atoms with Crippen LogP contribution in [0, 0.1) is 0 Å². The molecule has 4 heteroatoms. The Kier molecular flexibility index (Phi) is 2.25. The summed E-state index contributed by atoms with van der Waals surface area (Å²) in [4.78, 5) is 2.40. The molecule has 15 heavy (non-hydrogen) atoms. The normalized spacial score (nSPS) is 27.4. The molecule has 3 N–H and O–H groups in total. The molecule has 1 aliphatic heterocycles. The van der Waals surface area contributed by atoms with Crippen LogP contribution in [0.1, 0.15) is 36.6 Å². The molecule has 1 saturated carbocycles. The first-order chi connectivity index (χ1) is 7.31. The average Bonchev–Trinajstić information content (AvgIpc) is 2.84. The molecule has 1 aliphatic carbocycles. The third-order valence-electron chi connectivity index (χ3n) is 3.35. The van der Waals surface area contributed by atoms with Crippen LogP contribution in [0.25, 0.3) is 0 Å². The van der Waals surface area contributed by atoms with Gasteiger partial charge >= 0.3 is 0 Å². The maximum Gasteiger partial charge on any atom is 0.0656 e. The first-order valence-electron chi connectivity index (χ1n) is 5.83. The lowest BCUT2D eigenvalue weighted by atomic mass is 10.2. The molecular formula is C11H18N4. The van der Waals surface area contributed by atoms with Crippen molar-refractivity contribution >= 4 is 0 Å². The van der Waals surface area contributed by atoms with Gasteiger partial charge in [-0.1, -0.05) is 0 Å². The van der Waals surface area contributed by atoms with Crippen molar-refractivity contribution in [2.45, 2.75) is 37.8 Å². The van der Waals surface area contributed by atoms with Crippen LogP contribution in [0.15, 0.2) is 6.07 Å². The Bertz CT molecular complexity index is 342. The number of nitrogens with two attached hydrogens (primary N) is 1. The minimum absolute atomic E-state index is 0.371. The number of aromatic nitrogens is 2. The van der Waals surface area contributed by atoms with E-state index in [1.54, 1.807) is 0 Å². The van der Waals surface area contributed by atoms with Crippen molar-refractivity contribution in [1.82, 2.24) is 15.1 Å². The van der Waals surface area contributed by atoms with Gasteiger partial charge in [-0.15, -0.1) is 0 Å². The second-order valence-electron chi connectivity index (χ2n) is 4.88. The van der Waals surface area contributed by atoms with E-state index in [-0.39, 0.29) is 0 Å². The van der Waals surface area contributed by atoms with Gasteiger partial charge in [-0.3, -0.25) is 10.00 Å². The molecule has 1 saturated heterocycles. The molecule has 82 valence electrons. The largest absolute Gasteiger partial charge is 0.326 e. The lowest BCUT2D eigenvalue weighted by Crippen LogP contribution is -2.26. The van der Waals surface area contributed by atoms with Crippen LogP contribution in [0.4, 0.5) is 0 Å². The Labute approximate surface area is 89.8 Å². The Morgan fingerprint density at radius 3 is 3.00 bits per heavy atom. The molecule has 0 bridgehead atoms. The van der Waals surface area contributed by atoms with E-state index >= 15 is 0 Å². The zero-order valence-corrected chi connectivity index (χ0v) is 8.95. The highest BCUT2D eigenvalue weighted by Gasteiger charge is 2.26. The van der Waals surface area contributed by atoms with Gasteiger partial charge in [0.2, 0.25) is 0 Å². The quantitative estimate of drug-likeness (QED) is 0.770. The molecule has 4 nitrogen and oxygen atoms in total. The number of nitrogens with zero attached hydrogens (tertiary/aromatic N) is 2. The first kappa shape index (κ1) is 9.36. The molecule has 1 unspecified atom stereocenters. The molecule has 0 aromatic carbocycles. The van der Waals surface area contributed by atoms with Crippen LogP contribution < -0.4 is 5.73 Å². The van der Waals surface area contributed by atoms with E-state index in [1.165, 1.54) is 24.2 Å². The standard InChI is InChI=1S/C11H18N4/c12-9-3-4-15(6-9)7-10-5-11(14-13-10)8-1-2-8/h5,8-9H,1-4,6-7,12H2,(H,13,14). The van der Waals surface area contributed by atoms with E-state index < -0.39 is 0 Å². The van der Waals surface area contributed by atoms with Crippen molar-refractivity contribution in [3.63, 3.8) is 0 Å². The number of H-pyrrole nitrogens is 1. The Morgan fingerprint density at radius 1 is 1.47 bits per heavy atom. The summed E-state index contributed by atoms with van der Waals surface area (Å²) < 4.78 is 0. The van der Waals surface area contributed by atoms with Crippen LogP contribution in [0.3, 0.4) is 0 Å². The van der Waals surface area contributed by atoms with Gasteiger partial charge in [-0.2, -0.15) is 5.10 Å². The highest BCUT2D eigenvalue weighted by atomic mass is 15.2. The summed E-state index contributed by atoms with van der Waals surface area (Å²) in [6, 6.07) is 2.59. The number of nitrogens with one attached hydrogen (secondary N) is 1. The topological polar surface area (TPSA) is 57.9 Å². The van der Waals surface area contributed by atoms with E-state index in [0.29, 0.717) is 6.04 Å². The smallest absolute Gasteiger partial charge is 0.0656 e. The molecule has 2 fully saturated rings. The summed E-state index contributed by atoms with van der Waals surface area (Å²) in [7, 11) is 0. The summed E-state index contributed by atoms with van der Waals surface area (Å²) in [6.07, 6.45) is 3.77. The second-order valence-corrected chi connectivity index (χ2v) is 4.88. The van der Waals surface area contributed by atoms with Gasteiger partial charge < -0.3 is 5.73 Å². The molecule has 1 aromatic rings. The molecule has 0 radical (unpaired) electrons. The Balaban J connectivity index is 1.61. The van der Waals surface area contributed by atoms with Gasteiger partial charge in [0.25, 0.3) is 0 Å². The van der Waals surface area contributed by atoms with Crippen LogP contribution >= 0.6 is 0 Å². The van der Waals surface area contributed by atoms with Gasteiger partial charge in [-0.05, 0) is 25.3 Å². The van der Waals surface area contributed by atoms with Crippen molar-refractivity contribution in [2.75, 3.05) is 13.1 Å². The van der Waals surface area contributed by atoms with Gasteiger partial charge in [0.1, 0.15) is 0 Å². The molecule has 0 amide bonds. The maximum atomic E-state index is 5.87. The number of likely N-dealkylation sites (tertiary alicyclic amines) is 1. The van der Waals surface area contributed by atoms with Crippen molar-refractivity contribution < 1.29 is 0 Å². The van der Waals surface area contributed by atoms with E-state index in [1.807, 2.05) is 0 Å². The van der Waals surface area contributed by atoms with Crippen molar-refractivity contribution in [3.8, 4) is 0 Å². The number of hydrogen-bond acceptors (Lipinski definition) is 3. The van der Waals surface area contributed by atoms with Gasteiger partial charge in [0, 0.05) is 37.3 Å². The van der Waals surface area contributed by atoms with Crippen LogP contribution in [0.5, 0.6) is 0 Å².